The van der Waals surface area contributed by atoms with Crippen LogP contribution in [0.15, 0.2) is 6.33 Å². The minimum atomic E-state index is -0.252. The van der Waals surface area contributed by atoms with Crippen LogP contribution in [0.1, 0.15) is 57.7 Å². The second-order valence-corrected chi connectivity index (χ2v) is 5.37. The van der Waals surface area contributed by atoms with Gasteiger partial charge in [0.2, 0.25) is 0 Å². The summed E-state index contributed by atoms with van der Waals surface area (Å²) in [5.41, 5.74) is 0. The van der Waals surface area contributed by atoms with Gasteiger partial charge in [-0.05, 0) is 25.7 Å². The van der Waals surface area contributed by atoms with Crippen molar-refractivity contribution in [3.8, 4) is 0 Å². The van der Waals surface area contributed by atoms with Crippen molar-refractivity contribution in [2.24, 2.45) is 5.92 Å². The Kier molecular flexibility index (Phi) is 5.17. The third-order valence-corrected chi connectivity index (χ3v) is 4.08. The summed E-state index contributed by atoms with van der Waals surface area (Å²) < 4.78 is 1.88. The molecule has 1 heterocycles. The van der Waals surface area contributed by atoms with Crippen molar-refractivity contribution in [2.45, 2.75) is 70.9 Å². The summed E-state index contributed by atoms with van der Waals surface area (Å²) in [6, 6.07) is 0. The summed E-state index contributed by atoms with van der Waals surface area (Å²) in [6.07, 6.45) is 10.9. The Bertz CT molecular complexity index is 343. The molecule has 1 fully saturated rings. The number of aromatic nitrogens is 3. The predicted molar refractivity (Wildman–Crippen MR) is 71.2 cm³/mol. The number of hydrogen-bond donors (Lipinski definition) is 1. The van der Waals surface area contributed by atoms with Gasteiger partial charge in [0.1, 0.15) is 12.2 Å². The van der Waals surface area contributed by atoms with Gasteiger partial charge >= 0.3 is 0 Å². The molecule has 0 aromatic carbocycles. The van der Waals surface area contributed by atoms with Crippen molar-refractivity contribution in [2.75, 3.05) is 0 Å². The third-order valence-electron chi connectivity index (χ3n) is 4.08. The highest BCUT2D eigenvalue weighted by molar-refractivity contribution is 4.89. The molecule has 0 radical (unpaired) electrons. The molecule has 1 N–H and O–H groups in total. The molecule has 4 heteroatoms. The number of hydrogen-bond acceptors (Lipinski definition) is 3. The summed E-state index contributed by atoms with van der Waals surface area (Å²) >= 11 is 0. The lowest BCUT2D eigenvalue weighted by Gasteiger charge is -2.24. The number of rotatable bonds is 4. The van der Waals surface area contributed by atoms with E-state index in [1.165, 1.54) is 44.9 Å². The van der Waals surface area contributed by atoms with E-state index in [0.717, 1.165) is 12.4 Å². The molecule has 1 aromatic heterocycles. The Morgan fingerprint density at radius 2 is 1.94 bits per heavy atom. The summed E-state index contributed by atoms with van der Waals surface area (Å²) in [7, 11) is 0. The summed E-state index contributed by atoms with van der Waals surface area (Å²) in [5.74, 6) is 1.37. The molecule has 0 bridgehead atoms. The van der Waals surface area contributed by atoms with E-state index in [4.69, 9.17) is 0 Å². The number of nitrogens with zero attached hydrogens (tertiary/aromatic N) is 3. The van der Waals surface area contributed by atoms with Crippen molar-refractivity contribution >= 4 is 0 Å². The average molecular weight is 251 g/mol. The van der Waals surface area contributed by atoms with Gasteiger partial charge in [0.15, 0.2) is 0 Å². The first kappa shape index (κ1) is 13.5. The molecule has 18 heavy (non-hydrogen) atoms. The largest absolute Gasteiger partial charge is 0.392 e. The maximum absolute atomic E-state index is 10.4. The quantitative estimate of drug-likeness (QED) is 0.894. The Balaban J connectivity index is 1.91. The molecule has 1 saturated carbocycles. The minimum absolute atomic E-state index is 0.252. The molecular weight excluding hydrogens is 226 g/mol. The SMILES string of the molecule is CCn1ncnc1CC(O)C1CCCCCCC1. The van der Waals surface area contributed by atoms with E-state index in [0.29, 0.717) is 12.3 Å². The molecule has 4 nitrogen and oxygen atoms in total. The summed E-state index contributed by atoms with van der Waals surface area (Å²) in [4.78, 5) is 4.26. The van der Waals surface area contributed by atoms with Crippen LogP contribution in [0.2, 0.25) is 0 Å². The molecule has 0 spiro atoms. The van der Waals surface area contributed by atoms with E-state index in [9.17, 15) is 5.11 Å². The Hall–Kier alpha value is -0.900. The lowest BCUT2D eigenvalue weighted by Crippen LogP contribution is -2.25. The maximum Gasteiger partial charge on any atom is 0.138 e. The van der Waals surface area contributed by atoms with Crippen LogP contribution in [0.25, 0.3) is 0 Å². The second-order valence-electron chi connectivity index (χ2n) is 5.37. The summed E-state index contributed by atoms with van der Waals surface area (Å²) in [5, 5.41) is 14.6. The van der Waals surface area contributed by atoms with E-state index in [1.54, 1.807) is 6.33 Å². The highest BCUT2D eigenvalue weighted by atomic mass is 16.3. The fourth-order valence-corrected chi connectivity index (χ4v) is 2.94. The molecule has 1 aromatic rings. The highest BCUT2D eigenvalue weighted by Crippen LogP contribution is 2.26. The molecule has 2 rings (SSSR count). The van der Waals surface area contributed by atoms with Gasteiger partial charge in [0.05, 0.1) is 6.10 Å². The van der Waals surface area contributed by atoms with E-state index >= 15 is 0 Å². The molecule has 0 aliphatic heterocycles. The van der Waals surface area contributed by atoms with Crippen LogP contribution in [0.5, 0.6) is 0 Å². The maximum atomic E-state index is 10.4. The Morgan fingerprint density at radius 1 is 1.28 bits per heavy atom. The van der Waals surface area contributed by atoms with E-state index in [2.05, 4.69) is 17.0 Å². The van der Waals surface area contributed by atoms with Gasteiger partial charge in [-0.25, -0.2) is 4.98 Å². The number of aliphatic hydroxyl groups excluding tert-OH is 1. The number of aliphatic hydroxyl groups is 1. The van der Waals surface area contributed by atoms with Crippen LogP contribution >= 0.6 is 0 Å². The van der Waals surface area contributed by atoms with Crippen LogP contribution in [0.3, 0.4) is 0 Å². The van der Waals surface area contributed by atoms with Crippen LogP contribution in [0, 0.1) is 5.92 Å². The first-order valence-electron chi connectivity index (χ1n) is 7.36. The highest BCUT2D eigenvalue weighted by Gasteiger charge is 2.22. The standard InChI is InChI=1S/C14H25N3O/c1-2-17-14(15-11-16-17)10-13(18)12-8-6-4-3-5-7-9-12/h11-13,18H,2-10H2,1H3. The zero-order valence-corrected chi connectivity index (χ0v) is 11.4. The minimum Gasteiger partial charge on any atom is -0.392 e. The predicted octanol–water partition coefficient (Wildman–Crippen LogP) is 2.56. The van der Waals surface area contributed by atoms with Gasteiger partial charge in [-0.3, -0.25) is 4.68 Å². The molecular formula is C14H25N3O. The lowest BCUT2D eigenvalue weighted by atomic mass is 9.86. The zero-order valence-electron chi connectivity index (χ0n) is 11.4. The van der Waals surface area contributed by atoms with Crippen LogP contribution in [-0.4, -0.2) is 26.0 Å². The normalized spacial score (nSPS) is 20.3. The molecule has 0 amide bonds. The van der Waals surface area contributed by atoms with Crippen molar-refractivity contribution in [1.29, 1.82) is 0 Å². The van der Waals surface area contributed by atoms with Gasteiger partial charge in [0, 0.05) is 13.0 Å². The van der Waals surface area contributed by atoms with Crippen LogP contribution < -0.4 is 0 Å². The second kappa shape index (κ2) is 6.88. The van der Waals surface area contributed by atoms with E-state index < -0.39 is 0 Å². The van der Waals surface area contributed by atoms with Gasteiger partial charge in [-0.2, -0.15) is 5.10 Å². The van der Waals surface area contributed by atoms with Crippen molar-refractivity contribution in [1.82, 2.24) is 14.8 Å². The first-order chi connectivity index (χ1) is 8.81. The molecule has 1 aliphatic carbocycles. The molecule has 1 aliphatic rings. The fourth-order valence-electron chi connectivity index (χ4n) is 2.94. The van der Waals surface area contributed by atoms with Gasteiger partial charge < -0.3 is 5.11 Å². The number of aryl methyl sites for hydroxylation is 1. The summed E-state index contributed by atoms with van der Waals surface area (Å²) in [6.45, 7) is 2.88. The van der Waals surface area contributed by atoms with Gasteiger partial charge in [-0.1, -0.05) is 32.1 Å². The first-order valence-corrected chi connectivity index (χ1v) is 7.36. The van der Waals surface area contributed by atoms with Gasteiger partial charge in [0.25, 0.3) is 0 Å². The Morgan fingerprint density at radius 3 is 2.61 bits per heavy atom. The molecule has 0 saturated heterocycles. The Labute approximate surface area is 109 Å². The van der Waals surface area contributed by atoms with E-state index in [1.807, 2.05) is 4.68 Å². The third kappa shape index (κ3) is 3.55. The monoisotopic (exact) mass is 251 g/mol. The van der Waals surface area contributed by atoms with Gasteiger partial charge in [-0.15, -0.1) is 0 Å². The van der Waals surface area contributed by atoms with Crippen molar-refractivity contribution in [3.63, 3.8) is 0 Å². The lowest BCUT2D eigenvalue weighted by molar-refractivity contribution is 0.0885. The van der Waals surface area contributed by atoms with E-state index in [-0.39, 0.29) is 6.10 Å². The van der Waals surface area contributed by atoms with Crippen molar-refractivity contribution < 1.29 is 5.11 Å². The zero-order chi connectivity index (χ0) is 12.8. The topological polar surface area (TPSA) is 50.9 Å². The van der Waals surface area contributed by atoms with Crippen molar-refractivity contribution in [3.05, 3.63) is 12.2 Å². The smallest absolute Gasteiger partial charge is 0.138 e. The fraction of sp³-hybridized carbons (Fsp3) is 0.857. The van der Waals surface area contributed by atoms with Crippen LogP contribution in [0.4, 0.5) is 0 Å². The average Bonchev–Trinajstić information content (AvgIpc) is 2.75. The molecule has 1 atom stereocenters. The molecule has 102 valence electrons. The molecule has 1 unspecified atom stereocenters. The van der Waals surface area contributed by atoms with Crippen LogP contribution in [-0.2, 0) is 13.0 Å².